The van der Waals surface area contributed by atoms with Crippen molar-refractivity contribution in [1.29, 1.82) is 0 Å². The van der Waals surface area contributed by atoms with E-state index in [0.29, 0.717) is 17.8 Å². The van der Waals surface area contributed by atoms with Crippen LogP contribution < -0.4 is 0 Å². The predicted octanol–water partition coefficient (Wildman–Crippen LogP) is 2.69. The van der Waals surface area contributed by atoms with Crippen LogP contribution in [0.15, 0.2) is 0 Å². The summed E-state index contributed by atoms with van der Waals surface area (Å²) in [6, 6.07) is 0. The molecule has 2 rings (SSSR count). The van der Waals surface area contributed by atoms with Gasteiger partial charge in [-0.15, -0.1) is 0 Å². The molecule has 132 valence electrons. The third-order valence-corrected chi connectivity index (χ3v) is 4.57. The van der Waals surface area contributed by atoms with E-state index in [-0.39, 0.29) is 32.0 Å². The molecule has 1 atom stereocenters. The van der Waals surface area contributed by atoms with Gasteiger partial charge in [0.25, 0.3) is 0 Å². The van der Waals surface area contributed by atoms with E-state index in [2.05, 4.69) is 0 Å². The van der Waals surface area contributed by atoms with Crippen LogP contribution in [0, 0.1) is 12.3 Å². The van der Waals surface area contributed by atoms with Crippen LogP contribution in [0.3, 0.4) is 0 Å². The lowest BCUT2D eigenvalue weighted by Crippen LogP contribution is -2.30. The Morgan fingerprint density at radius 3 is 2.33 bits per heavy atom. The molecule has 0 aliphatic carbocycles. The van der Waals surface area contributed by atoms with Crippen molar-refractivity contribution < 1.29 is 23.9 Å². The molecule has 1 aromatic heterocycles. The Hall–Kier alpha value is -2.11. The monoisotopic (exact) mass is 335 g/mol. The second kappa shape index (κ2) is 6.79. The van der Waals surface area contributed by atoms with Crippen molar-refractivity contribution in [3.05, 3.63) is 22.5 Å². The predicted molar refractivity (Wildman–Crippen MR) is 88.2 cm³/mol. The van der Waals surface area contributed by atoms with Crippen LogP contribution in [-0.4, -0.2) is 35.5 Å². The van der Waals surface area contributed by atoms with Gasteiger partial charge >= 0.3 is 11.9 Å². The lowest BCUT2D eigenvalue weighted by Gasteiger charge is -2.21. The summed E-state index contributed by atoms with van der Waals surface area (Å²) in [5.41, 5.74) is 1.71. The number of nitrogens with zero attached hydrogens (tertiary/aromatic N) is 1. The Morgan fingerprint density at radius 1 is 1.17 bits per heavy atom. The summed E-state index contributed by atoms with van der Waals surface area (Å²) >= 11 is 0. The van der Waals surface area contributed by atoms with Crippen molar-refractivity contribution in [2.45, 2.75) is 54.0 Å². The first-order valence-electron chi connectivity index (χ1n) is 8.40. The molecule has 1 aromatic rings. The van der Waals surface area contributed by atoms with Gasteiger partial charge < -0.3 is 14.0 Å². The number of rotatable bonds is 6. The summed E-state index contributed by atoms with van der Waals surface area (Å²) in [5, 5.41) is 0. The molecule has 0 bridgehead atoms. The number of hydrogen-bond acceptors (Lipinski definition) is 5. The number of carbonyl (C=O) groups excluding carboxylic acids is 3. The first-order chi connectivity index (χ1) is 11.3. The normalized spacial score (nSPS) is 19.3. The van der Waals surface area contributed by atoms with Crippen LogP contribution >= 0.6 is 0 Å². The highest BCUT2D eigenvalue weighted by atomic mass is 16.5. The molecular formula is C18H25NO5. The van der Waals surface area contributed by atoms with Crippen LogP contribution in [-0.2, 0) is 27.2 Å². The fourth-order valence-electron chi connectivity index (χ4n) is 3.48. The standard InChI is InChI=1S/C18H25NO5/c1-6-12-11(4)14(17(22)24-8-3)19-10-18(5,16(21)15(12)19)9-13(20)23-7-2/h6-10H2,1-5H3. The second-order valence-electron chi connectivity index (χ2n) is 6.33. The largest absolute Gasteiger partial charge is 0.466 e. The lowest BCUT2D eigenvalue weighted by atomic mass is 9.82. The number of esters is 2. The Kier molecular flexibility index (Phi) is 5.16. The van der Waals surface area contributed by atoms with Gasteiger partial charge in [0.2, 0.25) is 0 Å². The minimum Gasteiger partial charge on any atom is -0.466 e. The molecular weight excluding hydrogens is 310 g/mol. The van der Waals surface area contributed by atoms with Gasteiger partial charge in [-0.25, -0.2) is 4.79 Å². The van der Waals surface area contributed by atoms with Gasteiger partial charge in [0, 0.05) is 6.54 Å². The van der Waals surface area contributed by atoms with Crippen LogP contribution in [0.1, 0.15) is 66.2 Å². The minimum absolute atomic E-state index is 0.00577. The SMILES string of the molecule is CCOC(=O)CC1(C)Cn2c(C(=O)OCC)c(C)c(CC)c2C1=O. The van der Waals surface area contributed by atoms with E-state index in [1.165, 1.54) is 0 Å². The number of fused-ring (bicyclic) bond motifs is 1. The third kappa shape index (κ3) is 2.85. The second-order valence-corrected chi connectivity index (χ2v) is 6.33. The van der Waals surface area contributed by atoms with Gasteiger partial charge in [-0.1, -0.05) is 6.92 Å². The highest BCUT2D eigenvalue weighted by Crippen LogP contribution is 2.41. The number of ketones is 1. The van der Waals surface area contributed by atoms with Gasteiger partial charge in [-0.3, -0.25) is 9.59 Å². The zero-order chi connectivity index (χ0) is 18.1. The molecule has 0 spiro atoms. The molecule has 24 heavy (non-hydrogen) atoms. The number of ether oxygens (including phenoxy) is 2. The van der Waals surface area contributed by atoms with Gasteiger partial charge in [-0.05, 0) is 45.2 Å². The number of carbonyl (C=O) groups is 3. The van der Waals surface area contributed by atoms with Crippen molar-refractivity contribution in [1.82, 2.24) is 4.57 Å². The molecule has 1 aliphatic heterocycles. The number of aromatic nitrogens is 1. The molecule has 0 saturated heterocycles. The smallest absolute Gasteiger partial charge is 0.355 e. The summed E-state index contributed by atoms with van der Waals surface area (Å²) in [4.78, 5) is 37.2. The van der Waals surface area contributed by atoms with Crippen molar-refractivity contribution in [3.8, 4) is 0 Å². The number of hydrogen-bond donors (Lipinski definition) is 0. The van der Waals surface area contributed by atoms with E-state index < -0.39 is 17.4 Å². The molecule has 0 aromatic carbocycles. The number of Topliss-reactive ketones (excluding diaryl/α,β-unsaturated/α-hetero) is 1. The van der Waals surface area contributed by atoms with E-state index in [4.69, 9.17) is 9.47 Å². The maximum atomic E-state index is 13.0. The maximum Gasteiger partial charge on any atom is 0.355 e. The summed E-state index contributed by atoms with van der Waals surface area (Å²) in [5.74, 6) is -0.929. The van der Waals surface area contributed by atoms with Crippen molar-refractivity contribution in [3.63, 3.8) is 0 Å². The van der Waals surface area contributed by atoms with Crippen LogP contribution in [0.25, 0.3) is 0 Å². The van der Waals surface area contributed by atoms with Crippen LogP contribution in [0.2, 0.25) is 0 Å². The average molecular weight is 335 g/mol. The summed E-state index contributed by atoms with van der Waals surface area (Å²) < 4.78 is 11.9. The first kappa shape index (κ1) is 18.2. The Balaban J connectivity index is 2.47. The summed E-state index contributed by atoms with van der Waals surface area (Å²) in [7, 11) is 0. The van der Waals surface area contributed by atoms with E-state index in [1.54, 1.807) is 25.3 Å². The van der Waals surface area contributed by atoms with Gasteiger partial charge in [0.05, 0.1) is 30.7 Å². The van der Waals surface area contributed by atoms with Gasteiger partial charge in [-0.2, -0.15) is 0 Å². The third-order valence-electron chi connectivity index (χ3n) is 4.57. The Bertz CT molecular complexity index is 688. The zero-order valence-corrected chi connectivity index (χ0v) is 15.0. The molecule has 0 amide bonds. The fourth-order valence-corrected chi connectivity index (χ4v) is 3.48. The average Bonchev–Trinajstić information content (AvgIpc) is 2.90. The molecule has 1 unspecified atom stereocenters. The minimum atomic E-state index is -0.888. The molecule has 0 fully saturated rings. The highest BCUT2D eigenvalue weighted by molar-refractivity contribution is 6.06. The van der Waals surface area contributed by atoms with E-state index in [1.807, 2.05) is 13.8 Å². The molecule has 0 saturated carbocycles. The first-order valence-corrected chi connectivity index (χ1v) is 8.40. The summed E-state index contributed by atoms with van der Waals surface area (Å²) in [6.07, 6.45) is 0.646. The van der Waals surface area contributed by atoms with E-state index in [0.717, 1.165) is 11.1 Å². The topological polar surface area (TPSA) is 74.6 Å². The van der Waals surface area contributed by atoms with Crippen molar-refractivity contribution >= 4 is 17.7 Å². The van der Waals surface area contributed by atoms with Crippen LogP contribution in [0.5, 0.6) is 0 Å². The van der Waals surface area contributed by atoms with Gasteiger partial charge in [0.15, 0.2) is 5.78 Å². The molecule has 6 nitrogen and oxygen atoms in total. The quantitative estimate of drug-likeness (QED) is 0.747. The van der Waals surface area contributed by atoms with Crippen molar-refractivity contribution in [2.24, 2.45) is 5.41 Å². The van der Waals surface area contributed by atoms with E-state index in [9.17, 15) is 14.4 Å². The molecule has 2 heterocycles. The summed E-state index contributed by atoms with van der Waals surface area (Å²) in [6.45, 7) is 9.86. The Morgan fingerprint density at radius 2 is 1.79 bits per heavy atom. The maximum absolute atomic E-state index is 13.0. The fraction of sp³-hybridized carbons (Fsp3) is 0.611. The van der Waals surface area contributed by atoms with Gasteiger partial charge in [0.1, 0.15) is 5.69 Å². The lowest BCUT2D eigenvalue weighted by molar-refractivity contribution is -0.145. The zero-order valence-electron chi connectivity index (χ0n) is 15.0. The highest BCUT2D eigenvalue weighted by Gasteiger charge is 2.47. The molecule has 0 radical (unpaired) electrons. The van der Waals surface area contributed by atoms with Crippen molar-refractivity contribution in [2.75, 3.05) is 13.2 Å². The molecule has 6 heteroatoms. The Labute approximate surface area is 142 Å². The molecule has 0 N–H and O–H groups in total. The van der Waals surface area contributed by atoms with E-state index >= 15 is 0 Å². The molecule has 1 aliphatic rings. The van der Waals surface area contributed by atoms with Crippen LogP contribution in [0.4, 0.5) is 0 Å².